The van der Waals surface area contributed by atoms with Gasteiger partial charge in [-0.15, -0.1) is 5.10 Å². The second-order valence-corrected chi connectivity index (χ2v) is 7.80. The van der Waals surface area contributed by atoms with Crippen LogP contribution in [0, 0.1) is 0 Å². The van der Waals surface area contributed by atoms with Crippen molar-refractivity contribution in [1.82, 2.24) is 20.6 Å². The lowest BCUT2D eigenvalue weighted by Crippen LogP contribution is -2.23. The Labute approximate surface area is 186 Å². The summed E-state index contributed by atoms with van der Waals surface area (Å²) < 4.78 is 11.9. The first kappa shape index (κ1) is 21.0. The van der Waals surface area contributed by atoms with Gasteiger partial charge >= 0.3 is 0 Å². The molecule has 1 aliphatic rings. The molecule has 160 valence electrons. The first-order chi connectivity index (χ1) is 15.2. The minimum atomic E-state index is -0.412. The number of rotatable bonds is 8. The van der Waals surface area contributed by atoms with Gasteiger partial charge in [0, 0.05) is 0 Å². The molecule has 0 bridgehead atoms. The molecular weight excluding hydrogens is 410 g/mol. The number of aromatic nitrogens is 4. The van der Waals surface area contributed by atoms with E-state index in [1.165, 1.54) is 24.8 Å². The molecular formula is C23H25N5O2S. The number of H-pyrrole nitrogens is 1. The molecule has 2 heterocycles. The molecule has 1 unspecified atom stereocenters. The quantitative estimate of drug-likeness (QED) is 0.296. The predicted molar refractivity (Wildman–Crippen MR) is 124 cm³/mol. The van der Waals surface area contributed by atoms with E-state index in [0.29, 0.717) is 28.9 Å². The van der Waals surface area contributed by atoms with Crippen LogP contribution in [0.3, 0.4) is 0 Å². The molecule has 0 aliphatic carbocycles. The van der Waals surface area contributed by atoms with E-state index in [2.05, 4.69) is 57.1 Å². The minimum absolute atomic E-state index is 0.326. The average molecular weight is 436 g/mol. The van der Waals surface area contributed by atoms with Crippen molar-refractivity contribution in [3.8, 4) is 11.5 Å². The molecule has 4 rings (SSSR count). The number of thiocarbonyl (C=S) groups is 1. The van der Waals surface area contributed by atoms with Crippen LogP contribution in [0.25, 0.3) is 6.08 Å². The fourth-order valence-electron chi connectivity index (χ4n) is 3.41. The number of hydrogen-bond acceptors (Lipinski definition) is 6. The Hall–Kier alpha value is -3.26. The van der Waals surface area contributed by atoms with E-state index in [1.54, 1.807) is 0 Å². The summed E-state index contributed by atoms with van der Waals surface area (Å²) >= 11 is 5.54. The number of aromatic amines is 1. The number of ether oxygens (including phenoxy) is 2. The number of fused-ring (bicyclic) bond motifs is 1. The molecule has 0 spiro atoms. The first-order valence-corrected chi connectivity index (χ1v) is 10.9. The van der Waals surface area contributed by atoms with Crippen molar-refractivity contribution in [2.24, 2.45) is 0 Å². The molecule has 0 radical (unpaired) electrons. The fourth-order valence-corrected chi connectivity index (χ4v) is 3.58. The summed E-state index contributed by atoms with van der Waals surface area (Å²) in [7, 11) is 0. The lowest BCUT2D eigenvalue weighted by Gasteiger charge is -2.26. The number of nitrogens with zero attached hydrogens (tertiary/aromatic N) is 3. The monoisotopic (exact) mass is 435 g/mol. The van der Waals surface area contributed by atoms with Gasteiger partial charge in [-0.1, -0.05) is 68.4 Å². The minimum Gasteiger partial charge on any atom is -0.485 e. The second kappa shape index (κ2) is 10.2. The van der Waals surface area contributed by atoms with Crippen LogP contribution in [0.15, 0.2) is 48.5 Å². The normalized spacial score (nSPS) is 15.2. The highest BCUT2D eigenvalue weighted by Crippen LogP contribution is 2.41. The summed E-state index contributed by atoms with van der Waals surface area (Å²) in [4.78, 5) is 0.580. The van der Waals surface area contributed by atoms with E-state index in [9.17, 15) is 0 Å². The van der Waals surface area contributed by atoms with Crippen LogP contribution in [-0.2, 0) is 6.42 Å². The zero-order valence-corrected chi connectivity index (χ0v) is 18.2. The largest absolute Gasteiger partial charge is 0.485 e. The molecule has 0 saturated heterocycles. The number of anilines is 1. The Morgan fingerprint density at radius 1 is 1.26 bits per heavy atom. The lowest BCUT2D eigenvalue weighted by molar-refractivity contribution is 0.0861. The third kappa shape index (κ3) is 5.46. The number of unbranched alkanes of at least 4 members (excludes halogenated alkanes) is 2. The maximum absolute atomic E-state index is 6.09. The van der Waals surface area contributed by atoms with Crippen molar-refractivity contribution in [1.29, 1.82) is 0 Å². The van der Waals surface area contributed by atoms with Crippen molar-refractivity contribution in [3.63, 3.8) is 0 Å². The summed E-state index contributed by atoms with van der Waals surface area (Å²) in [6.45, 7) is 2.55. The summed E-state index contributed by atoms with van der Waals surface area (Å²) in [6.07, 6.45) is 8.31. The summed E-state index contributed by atoms with van der Waals surface area (Å²) in [5.41, 5.74) is 3.22. The Morgan fingerprint density at radius 2 is 2.16 bits per heavy atom. The van der Waals surface area contributed by atoms with E-state index in [1.807, 2.05) is 30.4 Å². The molecule has 1 aliphatic heterocycles. The van der Waals surface area contributed by atoms with Crippen molar-refractivity contribution in [3.05, 3.63) is 65.5 Å². The highest BCUT2D eigenvalue weighted by molar-refractivity contribution is 7.81. The predicted octanol–water partition coefficient (Wildman–Crippen LogP) is 4.90. The van der Waals surface area contributed by atoms with Gasteiger partial charge in [0.05, 0.1) is 5.69 Å². The summed E-state index contributed by atoms with van der Waals surface area (Å²) in [6, 6.07) is 14.2. The molecule has 2 N–H and O–H groups in total. The van der Waals surface area contributed by atoms with E-state index in [4.69, 9.17) is 21.7 Å². The van der Waals surface area contributed by atoms with Crippen LogP contribution in [0.1, 0.15) is 49.2 Å². The van der Waals surface area contributed by atoms with Gasteiger partial charge in [0.2, 0.25) is 0 Å². The van der Waals surface area contributed by atoms with Crippen LogP contribution < -0.4 is 14.8 Å². The van der Waals surface area contributed by atoms with Gasteiger partial charge in [0.1, 0.15) is 11.6 Å². The molecule has 2 aromatic carbocycles. The smallest absolute Gasteiger partial charge is 0.193 e. The van der Waals surface area contributed by atoms with Crippen LogP contribution in [0.4, 0.5) is 5.69 Å². The van der Waals surface area contributed by atoms with Gasteiger partial charge in [-0.05, 0) is 52.6 Å². The third-order valence-electron chi connectivity index (χ3n) is 5.00. The number of tetrazole rings is 1. The Kier molecular flexibility index (Phi) is 6.89. The van der Waals surface area contributed by atoms with Crippen LogP contribution >= 0.6 is 12.2 Å². The fraction of sp³-hybridized carbons (Fsp3) is 0.304. The van der Waals surface area contributed by atoms with Gasteiger partial charge in [0.15, 0.2) is 23.4 Å². The zero-order valence-electron chi connectivity index (χ0n) is 17.4. The van der Waals surface area contributed by atoms with Crippen molar-refractivity contribution < 1.29 is 9.47 Å². The molecule has 0 fully saturated rings. The van der Waals surface area contributed by atoms with E-state index in [0.717, 1.165) is 17.7 Å². The Bertz CT molecular complexity index is 1050. The highest BCUT2D eigenvalue weighted by Gasteiger charge is 2.27. The Balaban J connectivity index is 1.42. The van der Waals surface area contributed by atoms with Crippen LogP contribution in [0.2, 0.25) is 0 Å². The molecule has 1 atom stereocenters. The van der Waals surface area contributed by atoms with Crippen molar-refractivity contribution >= 4 is 29.0 Å². The number of benzene rings is 2. The van der Waals surface area contributed by atoms with Crippen LogP contribution in [0.5, 0.6) is 11.5 Å². The molecule has 0 amide bonds. The van der Waals surface area contributed by atoms with E-state index >= 15 is 0 Å². The van der Waals surface area contributed by atoms with Gasteiger partial charge in [-0.25, -0.2) is 5.10 Å². The Morgan fingerprint density at radius 3 is 3.00 bits per heavy atom. The summed E-state index contributed by atoms with van der Waals surface area (Å²) in [5, 5.41) is 17.1. The number of hydrogen-bond donors (Lipinski definition) is 2. The van der Waals surface area contributed by atoms with Gasteiger partial charge < -0.3 is 14.8 Å². The molecule has 31 heavy (non-hydrogen) atoms. The van der Waals surface area contributed by atoms with Gasteiger partial charge in [-0.2, -0.15) is 0 Å². The molecule has 8 heteroatoms. The molecule has 0 saturated carbocycles. The highest BCUT2D eigenvalue weighted by atomic mass is 32.1. The standard InChI is InChI=1S/C23H25N5O2S/c1-2-3-4-7-16-8-5-9-17(14-16)12-13-21(31)24-18-10-6-11-19-22(18)30-20(15-29-19)23-25-27-28-26-23/h5-6,8-14,20H,2-4,7,15H2,1H3,(H,24,31)(H,25,26,27,28). The zero-order chi connectivity index (χ0) is 21.5. The maximum atomic E-state index is 6.09. The van der Waals surface area contributed by atoms with Crippen LogP contribution in [-0.4, -0.2) is 32.2 Å². The van der Waals surface area contributed by atoms with Gasteiger partial charge in [-0.3, -0.25) is 0 Å². The second-order valence-electron chi connectivity index (χ2n) is 7.36. The topological polar surface area (TPSA) is 85.0 Å². The molecule has 1 aromatic heterocycles. The van der Waals surface area contributed by atoms with E-state index < -0.39 is 6.10 Å². The first-order valence-electron chi connectivity index (χ1n) is 10.5. The summed E-state index contributed by atoms with van der Waals surface area (Å²) in [5.74, 6) is 1.76. The number of para-hydroxylation sites is 1. The van der Waals surface area contributed by atoms with Crippen molar-refractivity contribution in [2.45, 2.75) is 38.7 Å². The SMILES string of the molecule is CCCCCc1cccc(C=CC(=S)Nc2cccc3c2OC(c2nnn[nH]2)CO3)c1. The lowest BCUT2D eigenvalue weighted by atomic mass is 10.0. The van der Waals surface area contributed by atoms with Gasteiger partial charge in [0.25, 0.3) is 0 Å². The van der Waals surface area contributed by atoms with E-state index in [-0.39, 0.29) is 0 Å². The third-order valence-corrected chi connectivity index (χ3v) is 5.24. The van der Waals surface area contributed by atoms with Crippen molar-refractivity contribution in [2.75, 3.05) is 11.9 Å². The maximum Gasteiger partial charge on any atom is 0.193 e. The molecule has 3 aromatic rings. The average Bonchev–Trinajstić information content (AvgIpc) is 3.33. The number of nitrogens with one attached hydrogen (secondary N) is 2. The molecule has 7 nitrogen and oxygen atoms in total. The number of aryl methyl sites for hydroxylation is 1.